The van der Waals surface area contributed by atoms with E-state index in [2.05, 4.69) is 40.9 Å². The van der Waals surface area contributed by atoms with E-state index < -0.39 is 0 Å². The molecule has 0 bridgehead atoms. The number of carbonyl (C=O) groups is 1. The van der Waals surface area contributed by atoms with Crippen molar-refractivity contribution < 1.29 is 4.79 Å². The molecule has 2 fully saturated rings. The molecule has 2 nitrogen and oxygen atoms in total. The highest BCUT2D eigenvalue weighted by Crippen LogP contribution is 2.48. The molecule has 0 heterocycles. The second kappa shape index (κ2) is 5.43. The van der Waals surface area contributed by atoms with E-state index in [1.165, 1.54) is 31.2 Å². The van der Waals surface area contributed by atoms with Crippen LogP contribution in [0.1, 0.15) is 41.6 Å². The zero-order valence-electron chi connectivity index (χ0n) is 11.3. The molecule has 2 aliphatic carbocycles. The van der Waals surface area contributed by atoms with E-state index in [0.717, 1.165) is 33.4 Å². The Morgan fingerprint density at radius 2 is 1.95 bits per heavy atom. The molecule has 0 aliphatic heterocycles. The van der Waals surface area contributed by atoms with Crippen LogP contribution in [0.5, 0.6) is 0 Å². The Labute approximate surface area is 128 Å². The first-order valence-corrected chi connectivity index (χ1v) is 8.28. The molecular formula is C16H20INO. The minimum atomic E-state index is 0.0967. The monoisotopic (exact) mass is 369 g/mol. The van der Waals surface area contributed by atoms with Gasteiger partial charge in [0.15, 0.2) is 0 Å². The number of rotatable bonds is 5. The lowest BCUT2D eigenvalue weighted by Crippen LogP contribution is -2.31. The van der Waals surface area contributed by atoms with Crippen molar-refractivity contribution in [3.8, 4) is 0 Å². The van der Waals surface area contributed by atoms with Crippen LogP contribution in [-0.2, 0) is 0 Å². The van der Waals surface area contributed by atoms with Crippen molar-refractivity contribution in [3.05, 3.63) is 32.9 Å². The summed E-state index contributed by atoms with van der Waals surface area (Å²) in [5.41, 5.74) is 2.00. The van der Waals surface area contributed by atoms with Gasteiger partial charge in [-0.15, -0.1) is 0 Å². The van der Waals surface area contributed by atoms with E-state index in [-0.39, 0.29) is 5.91 Å². The molecule has 1 N–H and O–H groups in total. The first-order valence-electron chi connectivity index (χ1n) is 7.20. The Kier molecular flexibility index (Phi) is 3.83. The summed E-state index contributed by atoms with van der Waals surface area (Å²) in [6.07, 6.45) is 5.50. The van der Waals surface area contributed by atoms with Crippen LogP contribution >= 0.6 is 22.6 Å². The molecule has 0 aromatic heterocycles. The predicted octanol–water partition coefficient (Wildman–Crippen LogP) is 3.77. The smallest absolute Gasteiger partial charge is 0.252 e. The standard InChI is InChI=1S/C16H20INO/c1-10-3-2-4-13(15(10)17)16(19)18-9-14(11-5-6-11)12-7-8-12/h2-4,11-12,14H,5-9H2,1H3,(H,18,19). The molecule has 1 aromatic rings. The maximum Gasteiger partial charge on any atom is 0.252 e. The third-order valence-electron chi connectivity index (χ3n) is 4.39. The first kappa shape index (κ1) is 13.4. The van der Waals surface area contributed by atoms with Gasteiger partial charge < -0.3 is 5.32 Å². The SMILES string of the molecule is Cc1cccc(C(=O)NCC(C2CC2)C2CC2)c1I. The fourth-order valence-corrected chi connectivity index (χ4v) is 3.50. The molecule has 2 aliphatic rings. The Morgan fingerprint density at radius 3 is 2.53 bits per heavy atom. The largest absolute Gasteiger partial charge is 0.352 e. The summed E-state index contributed by atoms with van der Waals surface area (Å²) in [5, 5.41) is 3.17. The van der Waals surface area contributed by atoms with Crippen molar-refractivity contribution in [1.29, 1.82) is 0 Å². The van der Waals surface area contributed by atoms with Gasteiger partial charge in [0.05, 0.1) is 5.56 Å². The van der Waals surface area contributed by atoms with Gasteiger partial charge in [0, 0.05) is 10.1 Å². The van der Waals surface area contributed by atoms with Crippen LogP contribution in [0.15, 0.2) is 18.2 Å². The lowest BCUT2D eigenvalue weighted by molar-refractivity contribution is 0.0942. The van der Waals surface area contributed by atoms with Gasteiger partial charge in [-0.05, 0) is 84.6 Å². The van der Waals surface area contributed by atoms with Gasteiger partial charge in [0.25, 0.3) is 5.91 Å². The van der Waals surface area contributed by atoms with Crippen LogP contribution in [0.2, 0.25) is 0 Å². The molecule has 3 rings (SSSR count). The Balaban J connectivity index is 1.62. The minimum absolute atomic E-state index is 0.0967. The van der Waals surface area contributed by atoms with E-state index in [0.29, 0.717) is 0 Å². The molecule has 19 heavy (non-hydrogen) atoms. The predicted molar refractivity (Wildman–Crippen MR) is 85.2 cm³/mol. The second-order valence-corrected chi connectivity index (χ2v) is 7.06. The molecule has 0 radical (unpaired) electrons. The van der Waals surface area contributed by atoms with Crippen LogP contribution in [0.3, 0.4) is 0 Å². The van der Waals surface area contributed by atoms with Crippen LogP contribution in [0, 0.1) is 28.2 Å². The molecule has 2 saturated carbocycles. The zero-order valence-corrected chi connectivity index (χ0v) is 13.4. The van der Waals surface area contributed by atoms with Crippen molar-refractivity contribution >= 4 is 28.5 Å². The fourth-order valence-electron chi connectivity index (χ4n) is 2.90. The number of halogens is 1. The molecule has 0 saturated heterocycles. The number of aryl methyl sites for hydroxylation is 1. The Bertz CT molecular complexity index is 480. The van der Waals surface area contributed by atoms with Crippen molar-refractivity contribution in [3.63, 3.8) is 0 Å². The number of amides is 1. The molecule has 0 unspecified atom stereocenters. The number of hydrogen-bond acceptors (Lipinski definition) is 1. The van der Waals surface area contributed by atoms with Crippen LogP contribution in [-0.4, -0.2) is 12.5 Å². The van der Waals surface area contributed by atoms with Gasteiger partial charge in [-0.25, -0.2) is 0 Å². The van der Waals surface area contributed by atoms with Crippen molar-refractivity contribution in [1.82, 2.24) is 5.32 Å². The molecule has 3 heteroatoms. The van der Waals surface area contributed by atoms with Crippen LogP contribution in [0.4, 0.5) is 0 Å². The van der Waals surface area contributed by atoms with Gasteiger partial charge in [0.2, 0.25) is 0 Å². The number of nitrogens with one attached hydrogen (secondary N) is 1. The van der Waals surface area contributed by atoms with Gasteiger partial charge in [-0.3, -0.25) is 4.79 Å². The van der Waals surface area contributed by atoms with Crippen molar-refractivity contribution in [2.75, 3.05) is 6.54 Å². The maximum absolute atomic E-state index is 12.3. The van der Waals surface area contributed by atoms with Crippen LogP contribution < -0.4 is 5.32 Å². The number of hydrogen-bond donors (Lipinski definition) is 1. The van der Waals surface area contributed by atoms with Gasteiger partial charge in [-0.2, -0.15) is 0 Å². The topological polar surface area (TPSA) is 29.1 Å². The Hall–Kier alpha value is -0.580. The van der Waals surface area contributed by atoms with E-state index in [1.54, 1.807) is 0 Å². The number of carbonyl (C=O) groups excluding carboxylic acids is 1. The lowest BCUT2D eigenvalue weighted by atomic mass is 9.98. The summed E-state index contributed by atoms with van der Waals surface area (Å²) in [4.78, 5) is 12.3. The molecule has 1 amide bonds. The molecule has 102 valence electrons. The summed E-state index contributed by atoms with van der Waals surface area (Å²) in [7, 11) is 0. The molecule has 0 atom stereocenters. The second-order valence-electron chi connectivity index (χ2n) is 5.99. The summed E-state index contributed by atoms with van der Waals surface area (Å²) >= 11 is 2.27. The summed E-state index contributed by atoms with van der Waals surface area (Å²) in [6, 6.07) is 5.94. The van der Waals surface area contributed by atoms with E-state index in [4.69, 9.17) is 0 Å². The van der Waals surface area contributed by atoms with Crippen LogP contribution in [0.25, 0.3) is 0 Å². The Morgan fingerprint density at radius 1 is 1.32 bits per heavy atom. The highest BCUT2D eigenvalue weighted by Gasteiger charge is 2.41. The average molecular weight is 369 g/mol. The summed E-state index contributed by atoms with van der Waals surface area (Å²) < 4.78 is 1.08. The van der Waals surface area contributed by atoms with Gasteiger partial charge >= 0.3 is 0 Å². The third-order valence-corrected chi connectivity index (χ3v) is 5.82. The van der Waals surface area contributed by atoms with E-state index in [9.17, 15) is 4.79 Å². The molecule has 1 aromatic carbocycles. The summed E-state index contributed by atoms with van der Waals surface area (Å²) in [6.45, 7) is 2.92. The highest BCUT2D eigenvalue weighted by molar-refractivity contribution is 14.1. The third kappa shape index (κ3) is 3.12. The van der Waals surface area contributed by atoms with Gasteiger partial charge in [-0.1, -0.05) is 12.1 Å². The highest BCUT2D eigenvalue weighted by atomic mass is 127. The average Bonchev–Trinajstić information content (AvgIpc) is 3.26. The maximum atomic E-state index is 12.3. The fraction of sp³-hybridized carbons (Fsp3) is 0.562. The molecular weight excluding hydrogens is 349 g/mol. The quantitative estimate of drug-likeness (QED) is 0.787. The normalized spacial score (nSPS) is 18.7. The van der Waals surface area contributed by atoms with E-state index >= 15 is 0 Å². The zero-order chi connectivity index (χ0) is 13.4. The van der Waals surface area contributed by atoms with E-state index in [1.807, 2.05) is 12.1 Å². The van der Waals surface area contributed by atoms with Crippen molar-refractivity contribution in [2.24, 2.45) is 17.8 Å². The lowest BCUT2D eigenvalue weighted by Gasteiger charge is -2.16. The minimum Gasteiger partial charge on any atom is -0.352 e. The number of benzene rings is 1. The summed E-state index contributed by atoms with van der Waals surface area (Å²) in [5.74, 6) is 2.62. The first-order chi connectivity index (χ1) is 9.16. The van der Waals surface area contributed by atoms with Gasteiger partial charge in [0.1, 0.15) is 0 Å². The van der Waals surface area contributed by atoms with Crippen molar-refractivity contribution in [2.45, 2.75) is 32.6 Å². The molecule has 0 spiro atoms.